The van der Waals surface area contributed by atoms with Crippen LogP contribution >= 0.6 is 0 Å². The van der Waals surface area contributed by atoms with Gasteiger partial charge in [-0.3, -0.25) is 9.69 Å². The summed E-state index contributed by atoms with van der Waals surface area (Å²) >= 11 is 0. The lowest BCUT2D eigenvalue weighted by atomic mass is 9.98. The van der Waals surface area contributed by atoms with Crippen LogP contribution in [0.4, 0.5) is 4.79 Å². The minimum atomic E-state index is -0.964. The Morgan fingerprint density at radius 1 is 1.40 bits per heavy atom. The first-order chi connectivity index (χ1) is 11.6. The van der Waals surface area contributed by atoms with Crippen molar-refractivity contribution in [2.24, 2.45) is 0 Å². The molecule has 0 aromatic heterocycles. The summed E-state index contributed by atoms with van der Waals surface area (Å²) in [7, 11) is 0. The molecule has 8 heteroatoms. The standard InChI is InChI=1S/C17H29NO7/c1-6-11-8-23-16(21)18(11)14-7-12(25-17(3,4)5)15(20)13(24-14)9-22-10(2)19/h11-15,20H,6-9H2,1-5H3/t11-,12-,13-,14-,15+/m1/s1. The Balaban J connectivity index is 2.18. The summed E-state index contributed by atoms with van der Waals surface area (Å²) in [6.07, 6.45) is -2.28. The van der Waals surface area contributed by atoms with Gasteiger partial charge in [0.15, 0.2) is 0 Å². The van der Waals surface area contributed by atoms with Crippen molar-refractivity contribution in [2.45, 2.75) is 83.6 Å². The Morgan fingerprint density at radius 2 is 2.08 bits per heavy atom. The number of aliphatic hydroxyl groups excluding tert-OH is 1. The Bertz CT molecular complexity index is 490. The number of hydrogen-bond donors (Lipinski definition) is 1. The maximum absolute atomic E-state index is 12.1. The second-order valence-corrected chi connectivity index (χ2v) is 7.47. The van der Waals surface area contributed by atoms with Crippen molar-refractivity contribution in [1.29, 1.82) is 0 Å². The van der Waals surface area contributed by atoms with Crippen molar-refractivity contribution in [1.82, 2.24) is 4.90 Å². The molecule has 0 aromatic rings. The molecule has 2 heterocycles. The van der Waals surface area contributed by atoms with E-state index in [4.69, 9.17) is 18.9 Å². The van der Waals surface area contributed by atoms with Crippen molar-refractivity contribution in [3.63, 3.8) is 0 Å². The fourth-order valence-electron chi connectivity index (χ4n) is 3.14. The van der Waals surface area contributed by atoms with Gasteiger partial charge in [-0.1, -0.05) is 6.92 Å². The lowest BCUT2D eigenvalue weighted by Crippen LogP contribution is -2.58. The predicted molar refractivity (Wildman–Crippen MR) is 87.8 cm³/mol. The minimum Gasteiger partial charge on any atom is -0.463 e. The van der Waals surface area contributed by atoms with E-state index in [9.17, 15) is 14.7 Å². The minimum absolute atomic E-state index is 0.0857. The van der Waals surface area contributed by atoms with Crippen LogP contribution in [0.1, 0.15) is 47.5 Å². The molecule has 1 amide bonds. The molecule has 2 fully saturated rings. The summed E-state index contributed by atoms with van der Waals surface area (Å²) in [6.45, 7) is 9.16. The molecule has 2 rings (SSSR count). The molecule has 2 aliphatic heterocycles. The molecule has 0 radical (unpaired) electrons. The average molecular weight is 359 g/mol. The lowest BCUT2D eigenvalue weighted by molar-refractivity contribution is -0.241. The molecule has 0 spiro atoms. The van der Waals surface area contributed by atoms with Crippen LogP contribution in [0.15, 0.2) is 0 Å². The fraction of sp³-hybridized carbons (Fsp3) is 0.882. The lowest BCUT2D eigenvalue weighted by Gasteiger charge is -2.44. The molecular formula is C17H29NO7. The van der Waals surface area contributed by atoms with Gasteiger partial charge in [0.05, 0.1) is 17.7 Å². The molecule has 144 valence electrons. The van der Waals surface area contributed by atoms with Gasteiger partial charge in [-0.15, -0.1) is 0 Å². The van der Waals surface area contributed by atoms with E-state index < -0.39 is 42.2 Å². The van der Waals surface area contributed by atoms with Crippen LogP contribution in [0.3, 0.4) is 0 Å². The summed E-state index contributed by atoms with van der Waals surface area (Å²) < 4.78 is 22.0. The smallest absolute Gasteiger partial charge is 0.412 e. The van der Waals surface area contributed by atoms with E-state index in [1.165, 1.54) is 6.92 Å². The highest BCUT2D eigenvalue weighted by atomic mass is 16.6. The quantitative estimate of drug-likeness (QED) is 0.742. The first-order valence-corrected chi connectivity index (χ1v) is 8.72. The largest absolute Gasteiger partial charge is 0.463 e. The summed E-state index contributed by atoms with van der Waals surface area (Å²) in [5.74, 6) is -0.460. The van der Waals surface area contributed by atoms with Crippen LogP contribution < -0.4 is 0 Å². The van der Waals surface area contributed by atoms with Crippen LogP contribution in [-0.4, -0.2) is 71.5 Å². The molecule has 25 heavy (non-hydrogen) atoms. The summed E-state index contributed by atoms with van der Waals surface area (Å²) in [5.41, 5.74) is -0.477. The molecule has 0 aliphatic carbocycles. The van der Waals surface area contributed by atoms with Crippen molar-refractivity contribution >= 4 is 12.1 Å². The number of rotatable bonds is 5. The Labute approximate surface area is 148 Å². The first-order valence-electron chi connectivity index (χ1n) is 8.72. The van der Waals surface area contributed by atoms with Gasteiger partial charge < -0.3 is 24.1 Å². The van der Waals surface area contributed by atoms with Crippen LogP contribution in [0.2, 0.25) is 0 Å². The van der Waals surface area contributed by atoms with Gasteiger partial charge in [-0.2, -0.15) is 0 Å². The van der Waals surface area contributed by atoms with E-state index in [-0.39, 0.29) is 12.6 Å². The van der Waals surface area contributed by atoms with Gasteiger partial charge in [-0.05, 0) is 27.2 Å². The highest BCUT2D eigenvalue weighted by Crippen LogP contribution is 2.31. The fourth-order valence-corrected chi connectivity index (χ4v) is 3.14. The normalized spacial score (nSPS) is 33.3. The molecule has 5 atom stereocenters. The van der Waals surface area contributed by atoms with Gasteiger partial charge in [0.25, 0.3) is 0 Å². The maximum Gasteiger partial charge on any atom is 0.412 e. The van der Waals surface area contributed by atoms with Crippen molar-refractivity contribution in [3.05, 3.63) is 0 Å². The molecule has 1 N–H and O–H groups in total. The third kappa shape index (κ3) is 5.05. The Morgan fingerprint density at radius 3 is 2.64 bits per heavy atom. The zero-order valence-electron chi connectivity index (χ0n) is 15.6. The number of aliphatic hydroxyl groups is 1. The molecule has 0 aromatic carbocycles. The number of esters is 1. The second-order valence-electron chi connectivity index (χ2n) is 7.47. The number of carbonyl (C=O) groups is 2. The number of ether oxygens (including phenoxy) is 4. The van der Waals surface area contributed by atoms with Gasteiger partial charge in [0.2, 0.25) is 0 Å². The second kappa shape index (κ2) is 7.88. The molecule has 8 nitrogen and oxygen atoms in total. The SMILES string of the molecule is CC[C@@H]1COC(=O)N1[C@H]1C[C@@H](OC(C)(C)C)[C@H](O)[C@@H](COC(C)=O)O1. The molecular weight excluding hydrogens is 330 g/mol. The zero-order chi connectivity index (χ0) is 18.8. The van der Waals surface area contributed by atoms with Gasteiger partial charge in [-0.25, -0.2) is 4.79 Å². The van der Waals surface area contributed by atoms with Gasteiger partial charge in [0.1, 0.15) is 31.6 Å². The number of amides is 1. The Kier molecular flexibility index (Phi) is 6.29. The van der Waals surface area contributed by atoms with Gasteiger partial charge >= 0.3 is 12.1 Å². The monoisotopic (exact) mass is 359 g/mol. The molecule has 0 bridgehead atoms. The van der Waals surface area contributed by atoms with Crippen LogP contribution in [-0.2, 0) is 23.7 Å². The van der Waals surface area contributed by atoms with Crippen molar-refractivity contribution in [3.8, 4) is 0 Å². The number of hydrogen-bond acceptors (Lipinski definition) is 7. The van der Waals surface area contributed by atoms with Crippen LogP contribution in [0.25, 0.3) is 0 Å². The topological polar surface area (TPSA) is 94.5 Å². The maximum atomic E-state index is 12.1. The third-order valence-corrected chi connectivity index (χ3v) is 4.27. The van der Waals surface area contributed by atoms with Gasteiger partial charge in [0, 0.05) is 13.3 Å². The Hall–Kier alpha value is -1.38. The summed E-state index contributed by atoms with van der Waals surface area (Å²) in [4.78, 5) is 24.8. The summed E-state index contributed by atoms with van der Waals surface area (Å²) in [5, 5.41) is 10.6. The molecule has 2 saturated heterocycles. The van der Waals surface area contributed by atoms with Crippen LogP contribution in [0.5, 0.6) is 0 Å². The van der Waals surface area contributed by atoms with Crippen molar-refractivity contribution in [2.75, 3.05) is 13.2 Å². The first kappa shape index (κ1) is 19.9. The van der Waals surface area contributed by atoms with E-state index in [0.29, 0.717) is 13.0 Å². The third-order valence-electron chi connectivity index (χ3n) is 4.27. The highest BCUT2D eigenvalue weighted by molar-refractivity contribution is 5.70. The number of carbonyl (C=O) groups excluding carboxylic acids is 2. The predicted octanol–water partition coefficient (Wildman–Crippen LogP) is 1.44. The average Bonchev–Trinajstić information content (AvgIpc) is 2.87. The van der Waals surface area contributed by atoms with E-state index in [1.54, 1.807) is 4.90 Å². The van der Waals surface area contributed by atoms with Crippen molar-refractivity contribution < 1.29 is 33.6 Å². The molecule has 0 saturated carbocycles. The highest BCUT2D eigenvalue weighted by Gasteiger charge is 2.47. The number of cyclic esters (lactones) is 1. The van der Waals surface area contributed by atoms with E-state index in [2.05, 4.69) is 0 Å². The molecule has 0 unspecified atom stereocenters. The van der Waals surface area contributed by atoms with E-state index in [1.807, 2.05) is 27.7 Å². The zero-order valence-corrected chi connectivity index (χ0v) is 15.6. The van der Waals surface area contributed by atoms with Crippen LogP contribution in [0, 0.1) is 0 Å². The molecule has 2 aliphatic rings. The summed E-state index contributed by atoms with van der Waals surface area (Å²) in [6, 6.07) is -0.0857. The van der Waals surface area contributed by atoms with E-state index >= 15 is 0 Å². The number of nitrogens with zero attached hydrogens (tertiary/aromatic N) is 1. The van der Waals surface area contributed by atoms with E-state index in [0.717, 1.165) is 6.42 Å².